The van der Waals surface area contributed by atoms with E-state index in [2.05, 4.69) is 15.4 Å². The highest BCUT2D eigenvalue weighted by atomic mass is 19.1. The van der Waals surface area contributed by atoms with Gasteiger partial charge in [-0.15, -0.1) is 0 Å². The molecule has 4 nitrogen and oxygen atoms in total. The normalized spacial score (nSPS) is 12.4. The molecule has 5 heteroatoms. The van der Waals surface area contributed by atoms with Gasteiger partial charge in [0.15, 0.2) is 0 Å². The zero-order chi connectivity index (χ0) is 12.3. The van der Waals surface area contributed by atoms with Gasteiger partial charge in [0.2, 0.25) is 0 Å². The summed E-state index contributed by atoms with van der Waals surface area (Å²) >= 11 is 0. The quantitative estimate of drug-likeness (QED) is 0.621. The first kappa shape index (κ1) is 11.6. The largest absolute Gasteiger partial charge is 0.271 e. The van der Waals surface area contributed by atoms with Gasteiger partial charge in [-0.25, -0.2) is 9.82 Å². The second-order valence-corrected chi connectivity index (χ2v) is 3.74. The van der Waals surface area contributed by atoms with Crippen molar-refractivity contribution in [2.75, 3.05) is 0 Å². The van der Waals surface area contributed by atoms with Gasteiger partial charge in [-0.3, -0.25) is 15.8 Å². The van der Waals surface area contributed by atoms with Crippen LogP contribution in [0, 0.1) is 12.7 Å². The van der Waals surface area contributed by atoms with Crippen LogP contribution in [0.15, 0.2) is 36.7 Å². The number of aryl methyl sites for hydroxylation is 1. The van der Waals surface area contributed by atoms with Crippen molar-refractivity contribution in [2.45, 2.75) is 13.0 Å². The van der Waals surface area contributed by atoms with Crippen molar-refractivity contribution in [3.8, 4) is 0 Å². The minimum absolute atomic E-state index is 0.363. The first-order valence-electron chi connectivity index (χ1n) is 5.21. The Balaban J connectivity index is 2.40. The minimum atomic E-state index is -0.393. The molecular formula is C12H13FN4. The molecule has 17 heavy (non-hydrogen) atoms. The van der Waals surface area contributed by atoms with E-state index in [1.165, 1.54) is 6.07 Å². The van der Waals surface area contributed by atoms with Crippen molar-refractivity contribution in [3.05, 3.63) is 59.4 Å². The SMILES string of the molecule is Cc1cccc(C(NN)c2cncc(F)c2)n1. The first-order valence-corrected chi connectivity index (χ1v) is 5.21. The van der Waals surface area contributed by atoms with Crippen molar-refractivity contribution >= 4 is 0 Å². The summed E-state index contributed by atoms with van der Waals surface area (Å²) in [7, 11) is 0. The van der Waals surface area contributed by atoms with E-state index >= 15 is 0 Å². The van der Waals surface area contributed by atoms with Crippen LogP contribution in [-0.4, -0.2) is 9.97 Å². The second-order valence-electron chi connectivity index (χ2n) is 3.74. The molecule has 0 aliphatic rings. The van der Waals surface area contributed by atoms with Crippen molar-refractivity contribution < 1.29 is 4.39 Å². The van der Waals surface area contributed by atoms with Gasteiger partial charge >= 0.3 is 0 Å². The van der Waals surface area contributed by atoms with Crippen LogP contribution in [0.5, 0.6) is 0 Å². The molecular weight excluding hydrogens is 219 g/mol. The Morgan fingerprint density at radius 1 is 1.35 bits per heavy atom. The molecule has 0 saturated carbocycles. The summed E-state index contributed by atoms with van der Waals surface area (Å²) in [6, 6.07) is 6.64. The Hall–Kier alpha value is -1.85. The number of nitrogens with one attached hydrogen (secondary N) is 1. The van der Waals surface area contributed by atoms with Crippen LogP contribution in [0.25, 0.3) is 0 Å². The lowest BCUT2D eigenvalue weighted by Gasteiger charge is -2.15. The van der Waals surface area contributed by atoms with E-state index in [0.29, 0.717) is 5.56 Å². The summed E-state index contributed by atoms with van der Waals surface area (Å²) in [5, 5.41) is 0. The van der Waals surface area contributed by atoms with E-state index in [9.17, 15) is 4.39 Å². The fourth-order valence-corrected chi connectivity index (χ4v) is 1.66. The van der Waals surface area contributed by atoms with Crippen LogP contribution < -0.4 is 11.3 Å². The highest BCUT2D eigenvalue weighted by Gasteiger charge is 2.14. The first-order chi connectivity index (χ1) is 8.20. The van der Waals surface area contributed by atoms with Gasteiger partial charge in [0.1, 0.15) is 5.82 Å². The Bertz CT molecular complexity index is 470. The summed E-state index contributed by atoms with van der Waals surface area (Å²) in [4.78, 5) is 8.16. The maximum absolute atomic E-state index is 13.1. The molecule has 2 aromatic rings. The number of rotatable bonds is 3. The van der Waals surface area contributed by atoms with Crippen molar-refractivity contribution in [2.24, 2.45) is 5.84 Å². The van der Waals surface area contributed by atoms with Crippen LogP contribution in [0.4, 0.5) is 4.39 Å². The molecule has 0 bridgehead atoms. The summed E-state index contributed by atoms with van der Waals surface area (Å²) < 4.78 is 13.1. The molecule has 2 rings (SSSR count). The fraction of sp³-hybridized carbons (Fsp3) is 0.167. The van der Waals surface area contributed by atoms with Crippen LogP contribution in [0.2, 0.25) is 0 Å². The zero-order valence-corrected chi connectivity index (χ0v) is 9.39. The number of halogens is 1. The van der Waals surface area contributed by atoms with Gasteiger partial charge in [-0.1, -0.05) is 6.07 Å². The molecule has 0 spiro atoms. The summed E-state index contributed by atoms with van der Waals surface area (Å²) in [5.41, 5.74) is 4.88. The van der Waals surface area contributed by atoms with E-state index in [0.717, 1.165) is 17.6 Å². The van der Waals surface area contributed by atoms with Crippen LogP contribution >= 0.6 is 0 Å². The zero-order valence-electron chi connectivity index (χ0n) is 9.39. The molecule has 0 saturated heterocycles. The average Bonchev–Trinajstić information content (AvgIpc) is 2.30. The third kappa shape index (κ3) is 2.64. The van der Waals surface area contributed by atoms with E-state index in [1.54, 1.807) is 6.20 Å². The lowest BCUT2D eigenvalue weighted by molar-refractivity contribution is 0.590. The van der Waals surface area contributed by atoms with Crippen LogP contribution in [0.3, 0.4) is 0 Å². The summed E-state index contributed by atoms with van der Waals surface area (Å²) in [6.07, 6.45) is 2.72. The second kappa shape index (κ2) is 4.99. The van der Waals surface area contributed by atoms with E-state index < -0.39 is 5.82 Å². The topological polar surface area (TPSA) is 63.8 Å². The van der Waals surface area contributed by atoms with Crippen molar-refractivity contribution in [1.29, 1.82) is 0 Å². The number of hydrogen-bond acceptors (Lipinski definition) is 4. The lowest BCUT2D eigenvalue weighted by Crippen LogP contribution is -2.29. The van der Waals surface area contributed by atoms with Gasteiger partial charge in [-0.2, -0.15) is 0 Å². The molecule has 0 aliphatic carbocycles. The van der Waals surface area contributed by atoms with Gasteiger partial charge in [0.05, 0.1) is 17.9 Å². The number of aromatic nitrogens is 2. The number of nitrogens with zero attached hydrogens (tertiary/aromatic N) is 2. The molecule has 2 aromatic heterocycles. The fourth-order valence-electron chi connectivity index (χ4n) is 1.66. The lowest BCUT2D eigenvalue weighted by atomic mass is 10.1. The van der Waals surface area contributed by atoms with Crippen molar-refractivity contribution in [3.63, 3.8) is 0 Å². The summed E-state index contributed by atoms with van der Waals surface area (Å²) in [5.74, 6) is 5.10. The molecule has 0 fully saturated rings. The molecule has 3 N–H and O–H groups in total. The number of hydrazine groups is 1. The van der Waals surface area contributed by atoms with E-state index in [1.807, 2.05) is 25.1 Å². The maximum Gasteiger partial charge on any atom is 0.141 e. The van der Waals surface area contributed by atoms with Crippen LogP contribution in [-0.2, 0) is 0 Å². The Labute approximate surface area is 98.7 Å². The predicted octanol–water partition coefficient (Wildman–Crippen LogP) is 1.48. The third-order valence-corrected chi connectivity index (χ3v) is 2.43. The van der Waals surface area contributed by atoms with E-state index in [4.69, 9.17) is 5.84 Å². The third-order valence-electron chi connectivity index (χ3n) is 2.43. The standard InChI is InChI=1S/C12H13FN4/c1-8-3-2-4-11(16-8)12(17-14)9-5-10(13)7-15-6-9/h2-7,12,17H,14H2,1H3. The van der Waals surface area contributed by atoms with Crippen LogP contribution in [0.1, 0.15) is 23.0 Å². The molecule has 0 aliphatic heterocycles. The number of hydrogen-bond donors (Lipinski definition) is 2. The van der Waals surface area contributed by atoms with E-state index in [-0.39, 0.29) is 6.04 Å². The smallest absolute Gasteiger partial charge is 0.141 e. The molecule has 0 amide bonds. The monoisotopic (exact) mass is 232 g/mol. The highest BCUT2D eigenvalue weighted by Crippen LogP contribution is 2.19. The molecule has 88 valence electrons. The van der Waals surface area contributed by atoms with Gasteiger partial charge < -0.3 is 0 Å². The predicted molar refractivity (Wildman–Crippen MR) is 62.3 cm³/mol. The van der Waals surface area contributed by atoms with Gasteiger partial charge in [0, 0.05) is 11.9 Å². The number of pyridine rings is 2. The maximum atomic E-state index is 13.1. The Kier molecular flexibility index (Phi) is 3.41. The molecule has 0 radical (unpaired) electrons. The Morgan fingerprint density at radius 3 is 2.82 bits per heavy atom. The molecule has 2 heterocycles. The Morgan fingerprint density at radius 2 is 2.18 bits per heavy atom. The highest BCUT2D eigenvalue weighted by molar-refractivity contribution is 5.26. The molecule has 0 aromatic carbocycles. The van der Waals surface area contributed by atoms with Crippen molar-refractivity contribution in [1.82, 2.24) is 15.4 Å². The van der Waals surface area contributed by atoms with Gasteiger partial charge in [0.25, 0.3) is 0 Å². The van der Waals surface area contributed by atoms with Gasteiger partial charge in [-0.05, 0) is 30.7 Å². The summed E-state index contributed by atoms with van der Waals surface area (Å²) in [6.45, 7) is 1.89. The molecule has 1 atom stereocenters. The average molecular weight is 232 g/mol. The minimum Gasteiger partial charge on any atom is -0.271 e. The molecule has 1 unspecified atom stereocenters. The number of nitrogens with two attached hydrogens (primary N) is 1.